The van der Waals surface area contributed by atoms with Gasteiger partial charge in [0.1, 0.15) is 0 Å². The summed E-state index contributed by atoms with van der Waals surface area (Å²) in [6, 6.07) is 0.478. The van der Waals surface area contributed by atoms with Crippen LogP contribution in [0, 0.1) is 11.8 Å². The standard InChI is InChI=1S/C13H28N2O/c1-10(2)12-5-6-15(8-12)11(3)7-13(4,14)9-16/h10-12,16H,5-9,14H2,1-4H3. The number of likely N-dealkylation sites (tertiary alicyclic amines) is 1. The first-order valence-corrected chi connectivity index (χ1v) is 6.49. The Hall–Kier alpha value is -0.120. The molecule has 3 nitrogen and oxygen atoms in total. The van der Waals surface area contributed by atoms with Crippen LogP contribution in [0.25, 0.3) is 0 Å². The predicted molar refractivity (Wildman–Crippen MR) is 68.3 cm³/mol. The van der Waals surface area contributed by atoms with Gasteiger partial charge in [0.15, 0.2) is 0 Å². The maximum atomic E-state index is 9.18. The van der Waals surface area contributed by atoms with E-state index >= 15 is 0 Å². The fraction of sp³-hybridized carbons (Fsp3) is 1.00. The monoisotopic (exact) mass is 228 g/mol. The Balaban J connectivity index is 2.42. The predicted octanol–water partition coefficient (Wildman–Crippen LogP) is 1.45. The molecule has 0 aromatic rings. The number of aliphatic hydroxyl groups is 1. The van der Waals surface area contributed by atoms with Gasteiger partial charge in [-0.3, -0.25) is 0 Å². The Morgan fingerprint density at radius 3 is 2.50 bits per heavy atom. The highest BCUT2D eigenvalue weighted by Crippen LogP contribution is 2.27. The van der Waals surface area contributed by atoms with Gasteiger partial charge in [-0.2, -0.15) is 0 Å². The fourth-order valence-corrected chi connectivity index (χ4v) is 2.63. The average Bonchev–Trinajstić information content (AvgIpc) is 2.66. The van der Waals surface area contributed by atoms with Gasteiger partial charge in [0.05, 0.1) is 6.61 Å². The third kappa shape index (κ3) is 3.72. The van der Waals surface area contributed by atoms with Crippen molar-refractivity contribution in [3.63, 3.8) is 0 Å². The maximum absolute atomic E-state index is 9.18. The molecular formula is C13H28N2O. The van der Waals surface area contributed by atoms with Gasteiger partial charge < -0.3 is 15.7 Å². The van der Waals surface area contributed by atoms with Crippen molar-refractivity contribution in [2.45, 2.75) is 52.1 Å². The molecule has 3 N–H and O–H groups in total. The SMILES string of the molecule is CC(C)C1CCN(C(C)CC(C)(N)CO)C1. The van der Waals surface area contributed by atoms with Gasteiger partial charge in [-0.05, 0) is 45.1 Å². The van der Waals surface area contributed by atoms with E-state index in [4.69, 9.17) is 5.73 Å². The van der Waals surface area contributed by atoms with Gasteiger partial charge in [0.25, 0.3) is 0 Å². The number of aliphatic hydroxyl groups excluding tert-OH is 1. The third-order valence-corrected chi connectivity index (χ3v) is 3.95. The molecule has 0 bridgehead atoms. The summed E-state index contributed by atoms with van der Waals surface area (Å²) in [6.07, 6.45) is 2.18. The van der Waals surface area contributed by atoms with E-state index in [0.29, 0.717) is 6.04 Å². The molecule has 0 aromatic carbocycles. The topological polar surface area (TPSA) is 49.5 Å². The van der Waals surface area contributed by atoms with Crippen molar-refractivity contribution in [3.05, 3.63) is 0 Å². The molecule has 0 aromatic heterocycles. The smallest absolute Gasteiger partial charge is 0.0609 e. The summed E-state index contributed by atoms with van der Waals surface area (Å²) in [5.74, 6) is 1.61. The molecule has 1 saturated heterocycles. The molecule has 96 valence electrons. The summed E-state index contributed by atoms with van der Waals surface area (Å²) in [5, 5.41) is 9.18. The molecule has 0 aliphatic carbocycles. The first-order chi connectivity index (χ1) is 7.35. The van der Waals surface area contributed by atoms with Gasteiger partial charge in [-0.15, -0.1) is 0 Å². The normalized spacial score (nSPS) is 28.3. The van der Waals surface area contributed by atoms with Crippen LogP contribution >= 0.6 is 0 Å². The second-order valence-electron chi connectivity index (χ2n) is 6.15. The highest BCUT2D eigenvalue weighted by atomic mass is 16.3. The van der Waals surface area contributed by atoms with Gasteiger partial charge in [0.2, 0.25) is 0 Å². The van der Waals surface area contributed by atoms with Crippen LogP contribution in [0.15, 0.2) is 0 Å². The second kappa shape index (κ2) is 5.48. The maximum Gasteiger partial charge on any atom is 0.0609 e. The summed E-state index contributed by atoms with van der Waals surface area (Å²) in [4.78, 5) is 2.52. The molecule has 1 aliphatic rings. The van der Waals surface area contributed by atoms with Gasteiger partial charge >= 0.3 is 0 Å². The largest absolute Gasteiger partial charge is 0.394 e. The number of hydrogen-bond donors (Lipinski definition) is 2. The molecule has 3 unspecified atom stereocenters. The molecule has 1 fully saturated rings. The van der Waals surface area contributed by atoms with Crippen LogP contribution in [0.3, 0.4) is 0 Å². The van der Waals surface area contributed by atoms with Crippen LogP contribution in [0.5, 0.6) is 0 Å². The Kier molecular flexibility index (Phi) is 4.77. The lowest BCUT2D eigenvalue weighted by molar-refractivity contribution is 0.148. The molecule has 0 saturated carbocycles. The molecule has 0 radical (unpaired) electrons. The summed E-state index contributed by atoms with van der Waals surface area (Å²) in [7, 11) is 0. The average molecular weight is 228 g/mol. The zero-order valence-corrected chi connectivity index (χ0v) is 11.2. The Morgan fingerprint density at radius 1 is 1.44 bits per heavy atom. The van der Waals surface area contributed by atoms with E-state index in [9.17, 15) is 5.11 Å². The fourth-order valence-electron chi connectivity index (χ4n) is 2.63. The first kappa shape index (κ1) is 13.9. The number of nitrogens with two attached hydrogens (primary N) is 1. The molecule has 0 amide bonds. The number of hydrogen-bond acceptors (Lipinski definition) is 3. The van der Waals surface area contributed by atoms with E-state index in [2.05, 4.69) is 25.7 Å². The summed E-state index contributed by atoms with van der Waals surface area (Å²) in [6.45, 7) is 11.2. The van der Waals surface area contributed by atoms with E-state index in [1.807, 2.05) is 6.92 Å². The lowest BCUT2D eigenvalue weighted by Gasteiger charge is -2.31. The van der Waals surface area contributed by atoms with Crippen molar-refractivity contribution in [3.8, 4) is 0 Å². The molecule has 3 atom stereocenters. The quantitative estimate of drug-likeness (QED) is 0.749. The van der Waals surface area contributed by atoms with E-state index in [1.54, 1.807) is 0 Å². The van der Waals surface area contributed by atoms with Crippen molar-refractivity contribution >= 4 is 0 Å². The minimum atomic E-state index is -0.435. The van der Waals surface area contributed by atoms with Crippen molar-refractivity contribution < 1.29 is 5.11 Å². The molecule has 1 rings (SSSR count). The Morgan fingerprint density at radius 2 is 2.06 bits per heavy atom. The van der Waals surface area contributed by atoms with Crippen molar-refractivity contribution in [2.75, 3.05) is 19.7 Å². The van der Waals surface area contributed by atoms with Gasteiger partial charge in [-0.1, -0.05) is 13.8 Å². The highest BCUT2D eigenvalue weighted by Gasteiger charge is 2.30. The van der Waals surface area contributed by atoms with Crippen LogP contribution in [0.4, 0.5) is 0 Å². The molecule has 16 heavy (non-hydrogen) atoms. The van der Waals surface area contributed by atoms with Crippen molar-refractivity contribution in [2.24, 2.45) is 17.6 Å². The first-order valence-electron chi connectivity index (χ1n) is 6.49. The lowest BCUT2D eigenvalue weighted by atomic mass is 9.94. The highest BCUT2D eigenvalue weighted by molar-refractivity contribution is 4.87. The van der Waals surface area contributed by atoms with Crippen LogP contribution in [-0.2, 0) is 0 Å². The minimum Gasteiger partial charge on any atom is -0.394 e. The lowest BCUT2D eigenvalue weighted by Crippen LogP contribution is -2.46. The molecule has 1 aliphatic heterocycles. The zero-order valence-electron chi connectivity index (χ0n) is 11.2. The van der Waals surface area contributed by atoms with Gasteiger partial charge in [0, 0.05) is 18.1 Å². The second-order valence-corrected chi connectivity index (χ2v) is 6.15. The van der Waals surface area contributed by atoms with E-state index in [-0.39, 0.29) is 6.61 Å². The van der Waals surface area contributed by atoms with E-state index in [1.165, 1.54) is 19.5 Å². The number of rotatable bonds is 5. The summed E-state index contributed by atoms with van der Waals surface area (Å²) < 4.78 is 0. The van der Waals surface area contributed by atoms with Crippen molar-refractivity contribution in [1.82, 2.24) is 4.90 Å². The van der Waals surface area contributed by atoms with Gasteiger partial charge in [-0.25, -0.2) is 0 Å². The van der Waals surface area contributed by atoms with E-state index < -0.39 is 5.54 Å². The number of nitrogens with zero attached hydrogens (tertiary/aromatic N) is 1. The molecular weight excluding hydrogens is 200 g/mol. The molecule has 0 spiro atoms. The van der Waals surface area contributed by atoms with Crippen LogP contribution in [0.2, 0.25) is 0 Å². The Labute approximate surface area is 100 Å². The van der Waals surface area contributed by atoms with Crippen LogP contribution in [0.1, 0.15) is 40.5 Å². The zero-order chi connectivity index (χ0) is 12.3. The van der Waals surface area contributed by atoms with Crippen LogP contribution < -0.4 is 5.73 Å². The van der Waals surface area contributed by atoms with E-state index in [0.717, 1.165) is 18.3 Å². The third-order valence-electron chi connectivity index (χ3n) is 3.95. The summed E-state index contributed by atoms with van der Waals surface area (Å²) >= 11 is 0. The van der Waals surface area contributed by atoms with Crippen molar-refractivity contribution in [1.29, 1.82) is 0 Å². The summed E-state index contributed by atoms with van der Waals surface area (Å²) in [5.41, 5.74) is 5.57. The minimum absolute atomic E-state index is 0.0682. The van der Waals surface area contributed by atoms with Crippen LogP contribution in [-0.4, -0.2) is 41.3 Å². The Bertz CT molecular complexity index is 216. The molecule has 1 heterocycles. The molecule has 3 heteroatoms.